The summed E-state index contributed by atoms with van der Waals surface area (Å²) < 4.78 is 13.4. The minimum absolute atomic E-state index is 0. The second-order valence-corrected chi connectivity index (χ2v) is 6.19. The molecule has 0 saturated carbocycles. The SMILES string of the molecule is CCNC(=NCc1cccc(-c2ncn[nH]2)c1)N(C)Cc1cccc(F)c1.I. The molecule has 3 rings (SSSR count). The van der Waals surface area contributed by atoms with Crippen LogP contribution in [-0.2, 0) is 13.1 Å². The lowest BCUT2D eigenvalue weighted by atomic mass is 10.1. The van der Waals surface area contributed by atoms with Crippen molar-refractivity contribution in [1.29, 1.82) is 0 Å². The highest BCUT2D eigenvalue weighted by atomic mass is 127. The lowest BCUT2D eigenvalue weighted by molar-refractivity contribution is 0.475. The van der Waals surface area contributed by atoms with E-state index in [0.29, 0.717) is 13.1 Å². The molecule has 0 unspecified atom stereocenters. The Balaban J connectivity index is 0.00000280. The Morgan fingerprint density at radius 1 is 1.18 bits per heavy atom. The average molecular weight is 494 g/mol. The number of H-pyrrole nitrogens is 1. The van der Waals surface area contributed by atoms with Crippen LogP contribution >= 0.6 is 24.0 Å². The van der Waals surface area contributed by atoms with Crippen molar-refractivity contribution in [3.8, 4) is 11.4 Å². The zero-order valence-electron chi connectivity index (χ0n) is 15.9. The van der Waals surface area contributed by atoms with Gasteiger partial charge in [0.1, 0.15) is 12.1 Å². The molecule has 1 aromatic heterocycles. The molecular weight excluding hydrogens is 470 g/mol. The van der Waals surface area contributed by atoms with Gasteiger partial charge in [-0.05, 0) is 36.2 Å². The van der Waals surface area contributed by atoms with Gasteiger partial charge in [-0.15, -0.1) is 24.0 Å². The predicted molar refractivity (Wildman–Crippen MR) is 120 cm³/mol. The lowest BCUT2D eigenvalue weighted by Crippen LogP contribution is -2.38. The van der Waals surface area contributed by atoms with Gasteiger partial charge in [-0.2, -0.15) is 5.10 Å². The van der Waals surface area contributed by atoms with Crippen molar-refractivity contribution < 1.29 is 4.39 Å². The molecule has 6 nitrogen and oxygen atoms in total. The van der Waals surface area contributed by atoms with Crippen LogP contribution in [0.1, 0.15) is 18.1 Å². The van der Waals surface area contributed by atoms with E-state index in [1.807, 2.05) is 49.2 Å². The van der Waals surface area contributed by atoms with E-state index >= 15 is 0 Å². The Morgan fingerprint density at radius 3 is 2.68 bits per heavy atom. The van der Waals surface area contributed by atoms with Crippen LogP contribution in [0, 0.1) is 5.82 Å². The van der Waals surface area contributed by atoms with Gasteiger partial charge in [0.2, 0.25) is 0 Å². The van der Waals surface area contributed by atoms with Crippen molar-refractivity contribution in [3.63, 3.8) is 0 Å². The number of hydrogen-bond donors (Lipinski definition) is 2. The number of nitrogens with one attached hydrogen (secondary N) is 2. The Hall–Kier alpha value is -2.49. The highest BCUT2D eigenvalue weighted by molar-refractivity contribution is 14.0. The number of halogens is 2. The van der Waals surface area contributed by atoms with E-state index in [4.69, 9.17) is 4.99 Å². The minimum Gasteiger partial charge on any atom is -0.357 e. The summed E-state index contributed by atoms with van der Waals surface area (Å²) in [5, 5.41) is 10.0. The molecule has 0 atom stereocenters. The lowest BCUT2D eigenvalue weighted by Gasteiger charge is -2.22. The van der Waals surface area contributed by atoms with Crippen LogP contribution in [-0.4, -0.2) is 39.6 Å². The van der Waals surface area contributed by atoms with E-state index in [2.05, 4.69) is 20.5 Å². The van der Waals surface area contributed by atoms with Crippen LogP contribution in [0.5, 0.6) is 0 Å². The molecule has 0 bridgehead atoms. The number of hydrogen-bond acceptors (Lipinski definition) is 3. The molecule has 2 aromatic carbocycles. The number of rotatable bonds is 6. The standard InChI is InChI=1S/C20H23FN6.HI/c1-3-22-20(27(2)13-16-7-5-9-18(21)11-16)23-12-15-6-4-8-17(10-15)19-24-14-25-26-19;/h4-11,14H,3,12-13H2,1-2H3,(H,22,23)(H,24,25,26);1H. The molecule has 0 aliphatic rings. The summed E-state index contributed by atoms with van der Waals surface area (Å²) in [5.41, 5.74) is 2.94. The van der Waals surface area contributed by atoms with E-state index in [9.17, 15) is 4.39 Å². The first-order valence-corrected chi connectivity index (χ1v) is 8.84. The van der Waals surface area contributed by atoms with Gasteiger partial charge in [-0.1, -0.05) is 30.3 Å². The van der Waals surface area contributed by atoms with Crippen LogP contribution in [0.2, 0.25) is 0 Å². The third-order valence-electron chi connectivity index (χ3n) is 4.03. The maximum atomic E-state index is 13.4. The highest BCUT2D eigenvalue weighted by Gasteiger charge is 2.08. The summed E-state index contributed by atoms with van der Waals surface area (Å²) in [6.45, 7) is 3.88. The topological polar surface area (TPSA) is 69.2 Å². The maximum absolute atomic E-state index is 13.4. The quantitative estimate of drug-likeness (QED) is 0.311. The summed E-state index contributed by atoms with van der Waals surface area (Å²) in [5.74, 6) is 1.27. The molecule has 0 amide bonds. The second kappa shape index (κ2) is 10.7. The van der Waals surface area contributed by atoms with Crippen molar-refractivity contribution in [2.24, 2.45) is 4.99 Å². The Bertz CT molecular complexity index is 897. The number of aliphatic imine (C=N–C) groups is 1. The molecule has 0 radical (unpaired) electrons. The summed E-state index contributed by atoms with van der Waals surface area (Å²) in [4.78, 5) is 10.9. The molecule has 0 saturated heterocycles. The molecule has 148 valence electrons. The minimum atomic E-state index is -0.230. The van der Waals surface area contributed by atoms with E-state index in [0.717, 1.165) is 35.0 Å². The smallest absolute Gasteiger partial charge is 0.194 e. The van der Waals surface area contributed by atoms with Gasteiger partial charge in [0, 0.05) is 25.7 Å². The molecule has 1 heterocycles. The molecular formula is C20H24FIN6. The van der Waals surface area contributed by atoms with Crippen LogP contribution in [0.3, 0.4) is 0 Å². The van der Waals surface area contributed by atoms with E-state index in [1.165, 1.54) is 12.4 Å². The van der Waals surface area contributed by atoms with Crippen LogP contribution < -0.4 is 5.32 Å². The van der Waals surface area contributed by atoms with Crippen molar-refractivity contribution >= 4 is 29.9 Å². The monoisotopic (exact) mass is 494 g/mol. The molecule has 8 heteroatoms. The first-order chi connectivity index (χ1) is 13.2. The fourth-order valence-corrected chi connectivity index (χ4v) is 2.78. The summed E-state index contributed by atoms with van der Waals surface area (Å²) in [6, 6.07) is 14.6. The molecule has 0 aliphatic heterocycles. The summed E-state index contributed by atoms with van der Waals surface area (Å²) in [7, 11) is 1.94. The van der Waals surface area contributed by atoms with Crippen molar-refractivity contribution in [3.05, 3.63) is 71.8 Å². The molecule has 2 N–H and O–H groups in total. The number of benzene rings is 2. The molecule has 0 fully saturated rings. The first-order valence-electron chi connectivity index (χ1n) is 8.84. The largest absolute Gasteiger partial charge is 0.357 e. The number of guanidine groups is 1. The Labute approximate surface area is 181 Å². The van der Waals surface area contributed by atoms with Gasteiger partial charge < -0.3 is 10.2 Å². The Morgan fingerprint density at radius 2 is 1.96 bits per heavy atom. The maximum Gasteiger partial charge on any atom is 0.194 e. The third-order valence-corrected chi connectivity index (χ3v) is 4.03. The van der Waals surface area contributed by atoms with Gasteiger partial charge >= 0.3 is 0 Å². The number of aromatic nitrogens is 3. The number of aromatic amines is 1. The van der Waals surface area contributed by atoms with Crippen molar-refractivity contribution in [2.45, 2.75) is 20.0 Å². The van der Waals surface area contributed by atoms with Gasteiger partial charge in [-0.25, -0.2) is 14.4 Å². The number of nitrogens with zero attached hydrogens (tertiary/aromatic N) is 4. The molecule has 28 heavy (non-hydrogen) atoms. The van der Waals surface area contributed by atoms with Gasteiger partial charge in [0.05, 0.1) is 6.54 Å². The van der Waals surface area contributed by atoms with Gasteiger partial charge in [0.25, 0.3) is 0 Å². The van der Waals surface area contributed by atoms with Gasteiger partial charge in [0.15, 0.2) is 11.8 Å². The summed E-state index contributed by atoms with van der Waals surface area (Å²) >= 11 is 0. The fraction of sp³-hybridized carbons (Fsp3) is 0.250. The van der Waals surface area contributed by atoms with Crippen LogP contribution in [0.4, 0.5) is 4.39 Å². The average Bonchev–Trinajstić information content (AvgIpc) is 3.20. The first kappa shape index (κ1) is 21.8. The molecule has 0 aliphatic carbocycles. The third kappa shape index (κ3) is 6.01. The fourth-order valence-electron chi connectivity index (χ4n) is 2.78. The second-order valence-electron chi connectivity index (χ2n) is 6.19. The van der Waals surface area contributed by atoms with Crippen molar-refractivity contribution in [1.82, 2.24) is 25.4 Å². The Kier molecular flexibility index (Phi) is 8.37. The van der Waals surface area contributed by atoms with E-state index in [-0.39, 0.29) is 29.8 Å². The van der Waals surface area contributed by atoms with Crippen LogP contribution in [0.25, 0.3) is 11.4 Å². The molecule has 3 aromatic rings. The van der Waals surface area contributed by atoms with Crippen LogP contribution in [0.15, 0.2) is 59.9 Å². The zero-order chi connectivity index (χ0) is 19.1. The van der Waals surface area contributed by atoms with E-state index in [1.54, 1.807) is 12.1 Å². The van der Waals surface area contributed by atoms with Gasteiger partial charge in [-0.3, -0.25) is 5.10 Å². The molecule has 0 spiro atoms. The predicted octanol–water partition coefficient (Wildman–Crippen LogP) is 3.83. The van der Waals surface area contributed by atoms with Crippen molar-refractivity contribution in [2.75, 3.05) is 13.6 Å². The zero-order valence-corrected chi connectivity index (χ0v) is 18.2. The summed E-state index contributed by atoms with van der Waals surface area (Å²) in [6.07, 6.45) is 1.49. The normalized spacial score (nSPS) is 11.0. The van der Waals surface area contributed by atoms with E-state index < -0.39 is 0 Å². The highest BCUT2D eigenvalue weighted by Crippen LogP contribution is 2.16.